The van der Waals surface area contributed by atoms with Crippen molar-refractivity contribution >= 4 is 16.8 Å². The van der Waals surface area contributed by atoms with Crippen LogP contribution in [0.3, 0.4) is 0 Å². The van der Waals surface area contributed by atoms with Crippen molar-refractivity contribution in [1.29, 1.82) is 0 Å². The molecule has 0 radical (unpaired) electrons. The van der Waals surface area contributed by atoms with E-state index >= 15 is 0 Å². The van der Waals surface area contributed by atoms with E-state index in [1.54, 1.807) is 0 Å². The fourth-order valence-electron chi connectivity index (χ4n) is 2.83. The summed E-state index contributed by atoms with van der Waals surface area (Å²) in [4.78, 5) is 26.9. The quantitative estimate of drug-likeness (QED) is 0.734. The molecular weight excluding hydrogens is 331 g/mol. The van der Waals surface area contributed by atoms with Crippen LogP contribution < -0.4 is 10.9 Å². The normalized spacial score (nSPS) is 11.1. The Bertz CT molecular complexity index is 991. The molecule has 0 aliphatic heterocycles. The highest BCUT2D eigenvalue weighted by atomic mass is 19.1. The van der Waals surface area contributed by atoms with E-state index in [0.717, 1.165) is 5.56 Å². The third kappa shape index (κ3) is 3.99. The molecule has 1 heterocycles. The zero-order valence-electron chi connectivity index (χ0n) is 14.8. The molecule has 0 unspecified atom stereocenters. The van der Waals surface area contributed by atoms with Crippen molar-refractivity contribution in [3.63, 3.8) is 0 Å². The molecule has 0 saturated carbocycles. The van der Waals surface area contributed by atoms with Gasteiger partial charge in [0.2, 0.25) is 0 Å². The molecule has 4 nitrogen and oxygen atoms in total. The summed E-state index contributed by atoms with van der Waals surface area (Å²) in [6.07, 6.45) is 0.681. The minimum absolute atomic E-state index is 0.0271. The van der Waals surface area contributed by atoms with E-state index in [1.165, 1.54) is 29.8 Å². The predicted octanol–water partition coefficient (Wildman–Crippen LogP) is 3.76. The van der Waals surface area contributed by atoms with Gasteiger partial charge in [0, 0.05) is 6.54 Å². The predicted molar refractivity (Wildman–Crippen MR) is 101 cm³/mol. The molecule has 0 aliphatic carbocycles. The van der Waals surface area contributed by atoms with E-state index in [0.29, 0.717) is 29.8 Å². The maximum absolute atomic E-state index is 13.2. The first kappa shape index (κ1) is 17.9. The van der Waals surface area contributed by atoms with Gasteiger partial charge in [0.25, 0.3) is 11.5 Å². The van der Waals surface area contributed by atoms with Crippen LogP contribution in [-0.4, -0.2) is 17.4 Å². The Morgan fingerprint density at radius 3 is 2.54 bits per heavy atom. The number of rotatable bonds is 5. The minimum Gasteiger partial charge on any atom is -0.352 e. The maximum atomic E-state index is 13.2. The molecule has 0 aliphatic rings. The molecule has 2 aromatic carbocycles. The first-order valence-electron chi connectivity index (χ1n) is 8.63. The summed E-state index contributed by atoms with van der Waals surface area (Å²) >= 11 is 0. The first-order valence-corrected chi connectivity index (χ1v) is 8.63. The number of aromatic nitrogens is 1. The molecule has 0 atom stereocenters. The maximum Gasteiger partial charge on any atom is 0.261 e. The van der Waals surface area contributed by atoms with E-state index in [9.17, 15) is 14.0 Å². The number of nitrogens with one attached hydrogen (secondary N) is 2. The zero-order valence-corrected chi connectivity index (χ0v) is 14.8. The molecule has 0 fully saturated rings. The van der Waals surface area contributed by atoms with Gasteiger partial charge in [-0.25, -0.2) is 4.39 Å². The molecule has 26 heavy (non-hydrogen) atoms. The Hall–Kier alpha value is -2.95. The van der Waals surface area contributed by atoms with Crippen LogP contribution in [-0.2, 0) is 6.42 Å². The van der Waals surface area contributed by atoms with E-state index in [2.05, 4.69) is 48.4 Å². The van der Waals surface area contributed by atoms with Crippen molar-refractivity contribution in [2.45, 2.75) is 26.2 Å². The number of fused-ring (bicyclic) bond motifs is 1. The van der Waals surface area contributed by atoms with Gasteiger partial charge in [-0.3, -0.25) is 9.59 Å². The average molecular weight is 352 g/mol. The number of benzene rings is 2. The van der Waals surface area contributed by atoms with Crippen LogP contribution in [0.15, 0.2) is 53.3 Å². The van der Waals surface area contributed by atoms with Gasteiger partial charge in [-0.05, 0) is 53.1 Å². The summed E-state index contributed by atoms with van der Waals surface area (Å²) in [5, 5.41) is 3.38. The highest BCUT2D eigenvalue weighted by molar-refractivity contribution is 5.97. The van der Waals surface area contributed by atoms with Crippen molar-refractivity contribution in [3.8, 4) is 0 Å². The smallest absolute Gasteiger partial charge is 0.261 e. The monoisotopic (exact) mass is 352 g/mol. The SMILES string of the molecule is CC(C)c1ccc(CCNC(=O)c2cc3ccc(F)cc3[nH]c2=O)cc1. The van der Waals surface area contributed by atoms with Gasteiger partial charge in [-0.1, -0.05) is 38.1 Å². The molecular formula is C21H21FN2O2. The van der Waals surface area contributed by atoms with Crippen LogP contribution >= 0.6 is 0 Å². The Balaban J connectivity index is 1.66. The highest BCUT2D eigenvalue weighted by Crippen LogP contribution is 2.15. The van der Waals surface area contributed by atoms with Gasteiger partial charge in [-0.2, -0.15) is 0 Å². The highest BCUT2D eigenvalue weighted by Gasteiger charge is 2.12. The number of amides is 1. The van der Waals surface area contributed by atoms with Crippen molar-refractivity contribution < 1.29 is 9.18 Å². The first-order chi connectivity index (χ1) is 12.4. The average Bonchev–Trinajstić information content (AvgIpc) is 2.61. The van der Waals surface area contributed by atoms with Crippen LogP contribution in [0.4, 0.5) is 4.39 Å². The molecule has 0 saturated heterocycles. The number of pyridine rings is 1. The number of carbonyl (C=O) groups is 1. The Labute approximate surface area is 151 Å². The van der Waals surface area contributed by atoms with Crippen LogP contribution in [0.5, 0.6) is 0 Å². The molecule has 3 rings (SSSR count). The number of H-pyrrole nitrogens is 1. The van der Waals surface area contributed by atoms with Gasteiger partial charge < -0.3 is 10.3 Å². The van der Waals surface area contributed by atoms with Gasteiger partial charge in [0.05, 0.1) is 5.52 Å². The largest absolute Gasteiger partial charge is 0.352 e. The molecule has 134 valence electrons. The summed E-state index contributed by atoms with van der Waals surface area (Å²) in [7, 11) is 0. The summed E-state index contributed by atoms with van der Waals surface area (Å²) < 4.78 is 13.2. The third-order valence-electron chi connectivity index (χ3n) is 4.40. The lowest BCUT2D eigenvalue weighted by atomic mass is 10.0. The summed E-state index contributed by atoms with van der Waals surface area (Å²) in [5.41, 5.74) is 2.27. The number of hydrogen-bond donors (Lipinski definition) is 2. The number of carbonyl (C=O) groups excluding carboxylic acids is 1. The summed E-state index contributed by atoms with van der Waals surface area (Å²) in [5.74, 6) is -0.387. The fraction of sp³-hybridized carbons (Fsp3) is 0.238. The standard InChI is InChI=1S/C21H21FN2O2/c1-13(2)15-5-3-14(4-6-15)9-10-23-20(25)18-11-16-7-8-17(22)12-19(16)24-21(18)26/h3-8,11-13H,9-10H2,1-2H3,(H,23,25)(H,24,26). The van der Waals surface area contributed by atoms with Crippen molar-refractivity contribution in [1.82, 2.24) is 10.3 Å². The number of hydrogen-bond acceptors (Lipinski definition) is 2. The van der Waals surface area contributed by atoms with E-state index in [1.807, 2.05) is 0 Å². The van der Waals surface area contributed by atoms with Gasteiger partial charge >= 0.3 is 0 Å². The topological polar surface area (TPSA) is 62.0 Å². The van der Waals surface area contributed by atoms with Crippen molar-refractivity contribution in [3.05, 3.63) is 81.4 Å². The molecule has 1 amide bonds. The zero-order chi connectivity index (χ0) is 18.7. The Morgan fingerprint density at radius 2 is 1.85 bits per heavy atom. The molecule has 0 bridgehead atoms. The molecule has 1 aromatic heterocycles. The molecule has 0 spiro atoms. The minimum atomic E-state index is -0.526. The lowest BCUT2D eigenvalue weighted by Gasteiger charge is -2.08. The molecule has 2 N–H and O–H groups in total. The third-order valence-corrected chi connectivity index (χ3v) is 4.40. The second-order valence-corrected chi connectivity index (χ2v) is 6.65. The summed E-state index contributed by atoms with van der Waals surface area (Å²) in [6, 6.07) is 13.8. The molecule has 3 aromatic rings. The van der Waals surface area contributed by atoms with Gasteiger partial charge in [0.15, 0.2) is 0 Å². The van der Waals surface area contributed by atoms with Gasteiger partial charge in [0.1, 0.15) is 11.4 Å². The van der Waals surface area contributed by atoms with E-state index in [4.69, 9.17) is 0 Å². The number of aromatic amines is 1. The summed E-state index contributed by atoms with van der Waals surface area (Å²) in [6.45, 7) is 4.72. The second-order valence-electron chi connectivity index (χ2n) is 6.65. The Kier molecular flexibility index (Phi) is 5.16. The van der Waals surface area contributed by atoms with Crippen LogP contribution in [0.25, 0.3) is 10.9 Å². The van der Waals surface area contributed by atoms with Crippen LogP contribution in [0.1, 0.15) is 41.3 Å². The molecule has 5 heteroatoms. The fourth-order valence-corrected chi connectivity index (χ4v) is 2.83. The van der Waals surface area contributed by atoms with Crippen LogP contribution in [0, 0.1) is 5.82 Å². The second kappa shape index (κ2) is 7.52. The van der Waals surface area contributed by atoms with Crippen molar-refractivity contribution in [2.24, 2.45) is 0 Å². The van der Waals surface area contributed by atoms with E-state index in [-0.39, 0.29) is 5.56 Å². The van der Waals surface area contributed by atoms with E-state index < -0.39 is 17.3 Å². The number of halogens is 1. The van der Waals surface area contributed by atoms with Crippen LogP contribution in [0.2, 0.25) is 0 Å². The lowest BCUT2D eigenvalue weighted by molar-refractivity contribution is 0.0953. The van der Waals surface area contributed by atoms with Crippen molar-refractivity contribution in [2.75, 3.05) is 6.54 Å². The van der Waals surface area contributed by atoms with Gasteiger partial charge in [-0.15, -0.1) is 0 Å². The Morgan fingerprint density at radius 1 is 1.12 bits per heavy atom. The lowest BCUT2D eigenvalue weighted by Crippen LogP contribution is -2.31.